The van der Waals surface area contributed by atoms with Gasteiger partial charge in [-0.05, 0) is 31.0 Å². The average Bonchev–Trinajstić information content (AvgIpc) is 2.40. The molecule has 1 rings (SSSR count). The van der Waals surface area contributed by atoms with Gasteiger partial charge in [0.15, 0.2) is 0 Å². The maximum atomic E-state index is 11.5. The van der Waals surface area contributed by atoms with E-state index < -0.39 is 9.84 Å². The zero-order chi connectivity index (χ0) is 16.6. The molecule has 0 aromatic heterocycles. The number of hydrogen-bond donors (Lipinski definition) is 1. The Hall–Kier alpha value is -0.980. The van der Waals surface area contributed by atoms with Crippen molar-refractivity contribution in [3.63, 3.8) is 0 Å². The molecular formula is C14H19Cl2NO4S. The Morgan fingerprint density at radius 2 is 2.00 bits per heavy atom. The Kier molecular flexibility index (Phi) is 8.00. The van der Waals surface area contributed by atoms with Gasteiger partial charge in [0.25, 0.3) is 0 Å². The summed E-state index contributed by atoms with van der Waals surface area (Å²) in [6.45, 7) is 0.716. The molecule has 0 saturated heterocycles. The molecule has 1 aromatic carbocycles. The summed E-state index contributed by atoms with van der Waals surface area (Å²) in [5.74, 6) is 0.477. The number of carbonyl (C=O) groups is 1. The van der Waals surface area contributed by atoms with Gasteiger partial charge in [-0.25, -0.2) is 8.42 Å². The number of rotatable bonds is 9. The first-order chi connectivity index (χ1) is 10.3. The van der Waals surface area contributed by atoms with Crippen LogP contribution in [-0.2, 0) is 14.6 Å². The van der Waals surface area contributed by atoms with E-state index in [0.717, 1.165) is 0 Å². The largest absolute Gasteiger partial charge is 0.492 e. The molecule has 0 bridgehead atoms. The molecule has 1 amide bonds. The molecule has 1 aromatic rings. The summed E-state index contributed by atoms with van der Waals surface area (Å²) in [5, 5.41) is 3.63. The van der Waals surface area contributed by atoms with Crippen LogP contribution >= 0.6 is 23.2 Å². The SMILES string of the molecule is CS(=O)(=O)CCCNC(=O)CCCOc1ccc(Cl)cc1Cl. The van der Waals surface area contributed by atoms with Gasteiger partial charge in [0.2, 0.25) is 5.91 Å². The molecule has 0 heterocycles. The predicted molar refractivity (Wildman–Crippen MR) is 88.5 cm³/mol. The zero-order valence-electron chi connectivity index (χ0n) is 12.3. The van der Waals surface area contributed by atoms with Crippen LogP contribution in [0.1, 0.15) is 19.3 Å². The van der Waals surface area contributed by atoms with Gasteiger partial charge in [-0.15, -0.1) is 0 Å². The summed E-state index contributed by atoms with van der Waals surface area (Å²) in [4.78, 5) is 11.5. The number of amides is 1. The first kappa shape index (κ1) is 19.1. The maximum Gasteiger partial charge on any atom is 0.220 e. The van der Waals surface area contributed by atoms with Crippen LogP contribution < -0.4 is 10.1 Å². The van der Waals surface area contributed by atoms with E-state index in [0.29, 0.717) is 48.2 Å². The smallest absolute Gasteiger partial charge is 0.220 e. The molecule has 8 heteroatoms. The van der Waals surface area contributed by atoms with E-state index >= 15 is 0 Å². The third-order valence-electron chi connectivity index (χ3n) is 2.71. The van der Waals surface area contributed by atoms with Crippen molar-refractivity contribution < 1.29 is 17.9 Å². The first-order valence-corrected chi connectivity index (χ1v) is 9.62. The van der Waals surface area contributed by atoms with Crippen LogP contribution in [-0.4, -0.2) is 39.5 Å². The van der Waals surface area contributed by atoms with Gasteiger partial charge in [-0.2, -0.15) is 0 Å². The molecule has 0 radical (unpaired) electrons. The number of ether oxygens (including phenoxy) is 1. The van der Waals surface area contributed by atoms with Crippen LogP contribution in [0, 0.1) is 0 Å². The monoisotopic (exact) mass is 367 g/mol. The lowest BCUT2D eigenvalue weighted by atomic mass is 10.3. The molecule has 124 valence electrons. The van der Waals surface area contributed by atoms with Crippen molar-refractivity contribution in [1.82, 2.24) is 5.32 Å². The topological polar surface area (TPSA) is 72.5 Å². The highest BCUT2D eigenvalue weighted by Crippen LogP contribution is 2.27. The van der Waals surface area contributed by atoms with Crippen molar-refractivity contribution in [3.8, 4) is 5.75 Å². The molecular weight excluding hydrogens is 349 g/mol. The van der Waals surface area contributed by atoms with E-state index in [9.17, 15) is 13.2 Å². The summed E-state index contributed by atoms with van der Waals surface area (Å²) < 4.78 is 27.3. The van der Waals surface area contributed by atoms with Crippen molar-refractivity contribution in [3.05, 3.63) is 28.2 Å². The molecule has 0 saturated carbocycles. The lowest BCUT2D eigenvalue weighted by Gasteiger charge is -2.08. The van der Waals surface area contributed by atoms with Crippen molar-refractivity contribution in [2.45, 2.75) is 19.3 Å². The van der Waals surface area contributed by atoms with Gasteiger partial charge in [0, 0.05) is 24.2 Å². The number of halogens is 2. The van der Waals surface area contributed by atoms with E-state index in [1.807, 2.05) is 0 Å². The van der Waals surface area contributed by atoms with Gasteiger partial charge >= 0.3 is 0 Å². The number of carbonyl (C=O) groups excluding carboxylic acids is 1. The minimum atomic E-state index is -2.97. The number of sulfone groups is 1. The number of benzene rings is 1. The van der Waals surface area contributed by atoms with Crippen molar-refractivity contribution in [1.29, 1.82) is 0 Å². The van der Waals surface area contributed by atoms with Crippen LogP contribution in [0.15, 0.2) is 18.2 Å². The predicted octanol–water partition coefficient (Wildman–Crippen LogP) is 2.70. The Morgan fingerprint density at radius 3 is 2.64 bits per heavy atom. The second-order valence-electron chi connectivity index (χ2n) is 4.86. The summed E-state index contributed by atoms with van der Waals surface area (Å²) in [7, 11) is -2.97. The highest BCUT2D eigenvalue weighted by atomic mass is 35.5. The Morgan fingerprint density at radius 1 is 1.27 bits per heavy atom. The van der Waals surface area contributed by atoms with E-state index in [1.165, 1.54) is 6.26 Å². The van der Waals surface area contributed by atoms with Crippen molar-refractivity contribution in [2.75, 3.05) is 25.2 Å². The fraction of sp³-hybridized carbons (Fsp3) is 0.500. The van der Waals surface area contributed by atoms with Crippen LogP contribution in [0.25, 0.3) is 0 Å². The second kappa shape index (κ2) is 9.22. The summed E-state index contributed by atoms with van der Waals surface area (Å²) in [5.41, 5.74) is 0. The lowest BCUT2D eigenvalue weighted by molar-refractivity contribution is -0.121. The highest BCUT2D eigenvalue weighted by molar-refractivity contribution is 7.90. The highest BCUT2D eigenvalue weighted by Gasteiger charge is 2.05. The molecule has 0 fully saturated rings. The molecule has 5 nitrogen and oxygen atoms in total. The van der Waals surface area contributed by atoms with Gasteiger partial charge in [-0.1, -0.05) is 23.2 Å². The molecule has 0 unspecified atom stereocenters. The fourth-order valence-electron chi connectivity index (χ4n) is 1.66. The average molecular weight is 368 g/mol. The standard InChI is InChI=1S/C14H19Cl2NO4S/c1-22(19,20)9-3-7-17-14(18)4-2-8-21-13-6-5-11(15)10-12(13)16/h5-6,10H,2-4,7-9H2,1H3,(H,17,18). The number of nitrogens with one attached hydrogen (secondary N) is 1. The Balaban J connectivity index is 2.15. The maximum absolute atomic E-state index is 11.5. The normalized spacial score (nSPS) is 11.2. The van der Waals surface area contributed by atoms with E-state index in [-0.39, 0.29) is 11.7 Å². The van der Waals surface area contributed by atoms with E-state index in [1.54, 1.807) is 18.2 Å². The third-order valence-corrected chi connectivity index (χ3v) is 4.27. The van der Waals surface area contributed by atoms with Crippen LogP contribution in [0.2, 0.25) is 10.0 Å². The molecule has 0 aliphatic heterocycles. The van der Waals surface area contributed by atoms with Gasteiger partial charge in [-0.3, -0.25) is 4.79 Å². The van der Waals surface area contributed by atoms with Gasteiger partial charge < -0.3 is 10.1 Å². The molecule has 0 aliphatic carbocycles. The molecule has 0 atom stereocenters. The van der Waals surface area contributed by atoms with Crippen molar-refractivity contribution >= 4 is 38.9 Å². The van der Waals surface area contributed by atoms with Crippen LogP contribution in [0.4, 0.5) is 0 Å². The number of hydrogen-bond acceptors (Lipinski definition) is 4. The first-order valence-electron chi connectivity index (χ1n) is 6.80. The minimum absolute atomic E-state index is 0.0749. The summed E-state index contributed by atoms with van der Waals surface area (Å²) in [6, 6.07) is 4.94. The molecule has 22 heavy (non-hydrogen) atoms. The fourth-order valence-corrected chi connectivity index (χ4v) is 2.79. The quantitative estimate of drug-likeness (QED) is 0.681. The summed E-state index contributed by atoms with van der Waals surface area (Å²) >= 11 is 11.7. The second-order valence-corrected chi connectivity index (χ2v) is 7.96. The minimum Gasteiger partial charge on any atom is -0.492 e. The van der Waals surface area contributed by atoms with Gasteiger partial charge in [0.1, 0.15) is 15.6 Å². The third kappa shape index (κ3) is 8.46. The molecule has 1 N–H and O–H groups in total. The zero-order valence-corrected chi connectivity index (χ0v) is 14.6. The van der Waals surface area contributed by atoms with E-state index in [4.69, 9.17) is 27.9 Å². The van der Waals surface area contributed by atoms with Crippen molar-refractivity contribution in [2.24, 2.45) is 0 Å². The Bertz CT molecular complexity index is 605. The lowest BCUT2D eigenvalue weighted by Crippen LogP contribution is -2.26. The molecule has 0 spiro atoms. The van der Waals surface area contributed by atoms with E-state index in [2.05, 4.69) is 5.32 Å². The van der Waals surface area contributed by atoms with Gasteiger partial charge in [0.05, 0.1) is 17.4 Å². The Labute approximate surface area is 140 Å². The molecule has 0 aliphatic rings. The van der Waals surface area contributed by atoms with Crippen LogP contribution in [0.5, 0.6) is 5.75 Å². The van der Waals surface area contributed by atoms with Crippen LogP contribution in [0.3, 0.4) is 0 Å². The summed E-state index contributed by atoms with van der Waals surface area (Å²) in [6.07, 6.45) is 2.44.